The molecule has 0 aromatic rings. The second kappa shape index (κ2) is 11.7. The van der Waals surface area contributed by atoms with Gasteiger partial charge < -0.3 is 9.80 Å². The molecule has 0 spiro atoms. The Morgan fingerprint density at radius 2 is 1.33 bits per heavy atom. The van der Waals surface area contributed by atoms with E-state index in [0.717, 1.165) is 12.8 Å². The summed E-state index contributed by atoms with van der Waals surface area (Å²) in [5, 5.41) is 0. The molecular formula is C17H26N2O2. The largest absolute Gasteiger partial charge is 0.339 e. The Morgan fingerprint density at radius 1 is 0.810 bits per heavy atom. The van der Waals surface area contributed by atoms with Crippen molar-refractivity contribution in [3.63, 3.8) is 0 Å². The third kappa shape index (κ3) is 7.92. The maximum atomic E-state index is 11.8. The Kier molecular flexibility index (Phi) is 10.5. The number of rotatable bonds is 12. The Hall–Kier alpha value is -2.10. The highest BCUT2D eigenvalue weighted by molar-refractivity contribution is 5.87. The number of carbonyl (C=O) groups is 2. The molecule has 21 heavy (non-hydrogen) atoms. The van der Waals surface area contributed by atoms with Gasteiger partial charge in [0.25, 0.3) is 0 Å². The third-order valence-corrected chi connectivity index (χ3v) is 2.96. The molecule has 0 rings (SSSR count). The molecule has 4 heteroatoms. The van der Waals surface area contributed by atoms with Crippen molar-refractivity contribution in [2.75, 3.05) is 26.2 Å². The Labute approximate surface area is 128 Å². The van der Waals surface area contributed by atoms with Gasteiger partial charge in [0.2, 0.25) is 11.8 Å². The second-order valence-corrected chi connectivity index (χ2v) is 4.61. The number of unbranched alkanes of at least 4 members (excludes halogenated alkanes) is 1. The van der Waals surface area contributed by atoms with Crippen LogP contribution in [-0.4, -0.2) is 47.8 Å². The van der Waals surface area contributed by atoms with Gasteiger partial charge in [0.05, 0.1) is 0 Å². The molecule has 2 amide bonds. The zero-order valence-electron chi connectivity index (χ0n) is 12.8. The van der Waals surface area contributed by atoms with Crippen molar-refractivity contribution < 1.29 is 9.59 Å². The van der Waals surface area contributed by atoms with Gasteiger partial charge in [0.15, 0.2) is 0 Å². The van der Waals surface area contributed by atoms with Crippen molar-refractivity contribution in [2.24, 2.45) is 0 Å². The zero-order valence-corrected chi connectivity index (χ0v) is 12.8. The van der Waals surface area contributed by atoms with Gasteiger partial charge in [-0.2, -0.15) is 0 Å². The summed E-state index contributed by atoms with van der Waals surface area (Å²) in [6.07, 6.45) is 8.31. The van der Waals surface area contributed by atoms with Crippen LogP contribution in [0.3, 0.4) is 0 Å². The first-order valence-corrected chi connectivity index (χ1v) is 7.12. The predicted molar refractivity (Wildman–Crippen MR) is 87.8 cm³/mol. The van der Waals surface area contributed by atoms with E-state index in [0.29, 0.717) is 32.6 Å². The smallest absolute Gasteiger partial charge is 0.246 e. The van der Waals surface area contributed by atoms with Crippen LogP contribution in [0.2, 0.25) is 0 Å². The van der Waals surface area contributed by atoms with E-state index in [4.69, 9.17) is 0 Å². The van der Waals surface area contributed by atoms with E-state index >= 15 is 0 Å². The highest BCUT2D eigenvalue weighted by atomic mass is 16.2. The van der Waals surface area contributed by atoms with E-state index in [1.54, 1.807) is 28.0 Å². The van der Waals surface area contributed by atoms with Crippen LogP contribution in [0, 0.1) is 0 Å². The Morgan fingerprint density at radius 3 is 1.81 bits per heavy atom. The molecule has 0 bridgehead atoms. The lowest BCUT2D eigenvalue weighted by Crippen LogP contribution is -2.33. The highest BCUT2D eigenvalue weighted by Crippen LogP contribution is 2.02. The van der Waals surface area contributed by atoms with Gasteiger partial charge in [0.1, 0.15) is 0 Å². The van der Waals surface area contributed by atoms with Gasteiger partial charge in [-0.1, -0.05) is 24.8 Å². The molecule has 0 radical (unpaired) electrons. The fraction of sp³-hybridized carbons (Fsp3) is 0.412. The number of hydrogen-bond acceptors (Lipinski definition) is 2. The lowest BCUT2D eigenvalue weighted by Gasteiger charge is -2.22. The fourth-order valence-electron chi connectivity index (χ4n) is 1.91. The monoisotopic (exact) mass is 290 g/mol. The van der Waals surface area contributed by atoms with Crippen molar-refractivity contribution in [2.45, 2.75) is 19.3 Å². The van der Waals surface area contributed by atoms with Gasteiger partial charge in [-0.05, 0) is 18.9 Å². The van der Waals surface area contributed by atoms with E-state index < -0.39 is 0 Å². The van der Waals surface area contributed by atoms with E-state index in [2.05, 4.69) is 26.3 Å². The van der Waals surface area contributed by atoms with Gasteiger partial charge in [-0.3, -0.25) is 9.59 Å². The lowest BCUT2D eigenvalue weighted by molar-refractivity contribution is -0.130. The number of carbonyl (C=O) groups excluding carboxylic acids is 2. The summed E-state index contributed by atoms with van der Waals surface area (Å²) >= 11 is 0. The summed E-state index contributed by atoms with van der Waals surface area (Å²) in [6, 6.07) is 0. The normalized spacial score (nSPS) is 9.52. The SMILES string of the molecule is C=CCC(=O)N(CC=C)CCCCN(CC=C)C(=O)C=C. The first-order chi connectivity index (χ1) is 10.1. The van der Waals surface area contributed by atoms with Gasteiger partial charge in [-0.25, -0.2) is 0 Å². The molecule has 4 nitrogen and oxygen atoms in total. The van der Waals surface area contributed by atoms with E-state index in [9.17, 15) is 9.59 Å². The molecule has 0 aliphatic heterocycles. The molecule has 0 saturated carbocycles. The highest BCUT2D eigenvalue weighted by Gasteiger charge is 2.11. The van der Waals surface area contributed by atoms with E-state index in [1.165, 1.54) is 6.08 Å². The molecule has 0 aliphatic carbocycles. The molecule has 0 heterocycles. The maximum absolute atomic E-state index is 11.8. The molecule has 0 saturated heterocycles. The molecule has 0 unspecified atom stereocenters. The average Bonchev–Trinajstić information content (AvgIpc) is 2.48. The summed E-state index contributed by atoms with van der Waals surface area (Å²) in [4.78, 5) is 26.9. The molecule has 0 aromatic carbocycles. The third-order valence-electron chi connectivity index (χ3n) is 2.96. The molecule has 0 aliphatic rings. The number of nitrogens with zero attached hydrogens (tertiary/aromatic N) is 2. The lowest BCUT2D eigenvalue weighted by atomic mass is 10.2. The molecule has 116 valence electrons. The minimum absolute atomic E-state index is 0.0509. The average molecular weight is 290 g/mol. The predicted octanol–water partition coefficient (Wildman–Crippen LogP) is 2.56. The van der Waals surface area contributed by atoms with Crippen molar-refractivity contribution in [3.8, 4) is 0 Å². The standard InChI is InChI=1S/C17H26N2O2/c1-5-11-17(21)19(13-7-3)15-10-9-14-18(12-6-2)16(20)8-4/h5-8H,1-4,9-15H2. The van der Waals surface area contributed by atoms with Crippen LogP contribution in [0.5, 0.6) is 0 Å². The maximum Gasteiger partial charge on any atom is 0.246 e. The van der Waals surface area contributed by atoms with Crippen molar-refractivity contribution >= 4 is 11.8 Å². The van der Waals surface area contributed by atoms with Gasteiger partial charge in [-0.15, -0.1) is 19.7 Å². The van der Waals surface area contributed by atoms with E-state index in [-0.39, 0.29) is 11.8 Å². The molecule has 0 N–H and O–H groups in total. The molecule has 0 atom stereocenters. The molecule has 0 fully saturated rings. The minimum Gasteiger partial charge on any atom is -0.339 e. The van der Waals surface area contributed by atoms with Crippen LogP contribution in [0.15, 0.2) is 50.6 Å². The summed E-state index contributed by atoms with van der Waals surface area (Å²) in [7, 11) is 0. The zero-order chi connectivity index (χ0) is 16.1. The summed E-state index contributed by atoms with van der Waals surface area (Å²) in [5.74, 6) is -0.0457. The fourth-order valence-corrected chi connectivity index (χ4v) is 1.91. The van der Waals surface area contributed by atoms with Crippen LogP contribution in [0.4, 0.5) is 0 Å². The Bertz CT molecular complexity index is 388. The summed E-state index contributed by atoms with van der Waals surface area (Å²) < 4.78 is 0. The summed E-state index contributed by atoms with van der Waals surface area (Å²) in [5.41, 5.74) is 0. The second-order valence-electron chi connectivity index (χ2n) is 4.61. The van der Waals surface area contributed by atoms with E-state index in [1.807, 2.05) is 0 Å². The van der Waals surface area contributed by atoms with Crippen LogP contribution in [0.25, 0.3) is 0 Å². The number of amides is 2. The van der Waals surface area contributed by atoms with Crippen LogP contribution >= 0.6 is 0 Å². The number of hydrogen-bond donors (Lipinski definition) is 0. The minimum atomic E-state index is -0.0967. The molecule has 0 aromatic heterocycles. The van der Waals surface area contributed by atoms with Crippen molar-refractivity contribution in [3.05, 3.63) is 50.6 Å². The quantitative estimate of drug-likeness (QED) is 0.315. The molecular weight excluding hydrogens is 264 g/mol. The van der Waals surface area contributed by atoms with Gasteiger partial charge >= 0.3 is 0 Å². The summed E-state index contributed by atoms with van der Waals surface area (Å²) in [6.45, 7) is 16.7. The van der Waals surface area contributed by atoms with Gasteiger partial charge in [0, 0.05) is 32.6 Å². The first kappa shape index (κ1) is 18.9. The van der Waals surface area contributed by atoms with Crippen LogP contribution in [0.1, 0.15) is 19.3 Å². The Balaban J connectivity index is 4.23. The van der Waals surface area contributed by atoms with Crippen LogP contribution < -0.4 is 0 Å². The first-order valence-electron chi connectivity index (χ1n) is 7.12. The van der Waals surface area contributed by atoms with Crippen molar-refractivity contribution in [1.82, 2.24) is 9.80 Å². The van der Waals surface area contributed by atoms with Crippen molar-refractivity contribution in [1.29, 1.82) is 0 Å². The van der Waals surface area contributed by atoms with Crippen LogP contribution in [-0.2, 0) is 9.59 Å². The topological polar surface area (TPSA) is 40.6 Å².